The van der Waals surface area contributed by atoms with Gasteiger partial charge in [0.25, 0.3) is 0 Å². The molecule has 0 aromatic heterocycles. The zero-order valence-electron chi connectivity index (χ0n) is 12.0. The Morgan fingerprint density at radius 1 is 1.38 bits per heavy atom. The molecule has 2 aliphatic rings. The van der Waals surface area contributed by atoms with Crippen LogP contribution in [0, 0.1) is 5.92 Å². The van der Waals surface area contributed by atoms with Gasteiger partial charge in [0.2, 0.25) is 0 Å². The summed E-state index contributed by atoms with van der Waals surface area (Å²) in [7, 11) is 0. The number of fused-ring (bicyclic) bond motifs is 1. The summed E-state index contributed by atoms with van der Waals surface area (Å²) in [5, 5.41) is 9.17. The normalized spacial score (nSPS) is 28.2. The Balaban J connectivity index is 1.50. The number of nitrogens with zero attached hydrogens (tertiary/aromatic N) is 1. The molecule has 0 unspecified atom stereocenters. The van der Waals surface area contributed by atoms with Gasteiger partial charge in [0.1, 0.15) is 6.61 Å². The number of likely N-dealkylation sites (tertiary alicyclic amines) is 1. The van der Waals surface area contributed by atoms with Gasteiger partial charge in [-0.05, 0) is 24.3 Å². The number of hydrogen-bond acceptors (Lipinski definition) is 4. The minimum Gasteiger partial charge on any atom is -0.445 e. The monoisotopic (exact) mass is 291 g/mol. The highest BCUT2D eigenvalue weighted by Crippen LogP contribution is 2.33. The average molecular weight is 291 g/mol. The van der Waals surface area contributed by atoms with Crippen molar-refractivity contribution < 1.29 is 19.4 Å². The first-order valence-electron chi connectivity index (χ1n) is 7.48. The fourth-order valence-electron chi connectivity index (χ4n) is 3.12. The molecule has 1 N–H and O–H groups in total. The maximum atomic E-state index is 12.1. The first kappa shape index (κ1) is 14.4. The van der Waals surface area contributed by atoms with Crippen molar-refractivity contribution in [3.63, 3.8) is 0 Å². The topological polar surface area (TPSA) is 59.0 Å². The van der Waals surface area contributed by atoms with Crippen LogP contribution in [-0.4, -0.2) is 48.0 Å². The van der Waals surface area contributed by atoms with Crippen LogP contribution in [0.3, 0.4) is 0 Å². The molecule has 3 rings (SSSR count). The smallest absolute Gasteiger partial charge is 0.410 e. The maximum Gasteiger partial charge on any atom is 0.410 e. The molecule has 0 radical (unpaired) electrons. The Bertz CT molecular complexity index is 478. The van der Waals surface area contributed by atoms with Crippen molar-refractivity contribution in [3.05, 3.63) is 35.9 Å². The van der Waals surface area contributed by atoms with Crippen LogP contribution in [0.1, 0.15) is 18.4 Å². The van der Waals surface area contributed by atoms with Gasteiger partial charge in [0.15, 0.2) is 0 Å². The molecule has 2 fully saturated rings. The van der Waals surface area contributed by atoms with E-state index in [0.29, 0.717) is 25.6 Å². The number of aliphatic hydroxyl groups is 1. The van der Waals surface area contributed by atoms with Crippen molar-refractivity contribution in [3.8, 4) is 0 Å². The van der Waals surface area contributed by atoms with Crippen LogP contribution in [0.2, 0.25) is 0 Å². The number of benzene rings is 1. The Morgan fingerprint density at radius 3 is 2.95 bits per heavy atom. The van der Waals surface area contributed by atoms with Crippen molar-refractivity contribution in [1.29, 1.82) is 0 Å². The minimum atomic E-state index is -0.284. The summed E-state index contributed by atoms with van der Waals surface area (Å²) < 4.78 is 11.1. The van der Waals surface area contributed by atoms with Crippen LogP contribution in [0.4, 0.5) is 4.79 Å². The largest absolute Gasteiger partial charge is 0.445 e. The highest BCUT2D eigenvalue weighted by atomic mass is 16.6. The number of hydrogen-bond donors (Lipinski definition) is 1. The number of carbonyl (C=O) groups excluding carboxylic acids is 1. The molecule has 2 heterocycles. The molecule has 21 heavy (non-hydrogen) atoms. The van der Waals surface area contributed by atoms with Gasteiger partial charge in [0, 0.05) is 6.54 Å². The van der Waals surface area contributed by atoms with E-state index in [1.807, 2.05) is 30.3 Å². The Kier molecular flexibility index (Phi) is 4.41. The zero-order valence-corrected chi connectivity index (χ0v) is 12.0. The van der Waals surface area contributed by atoms with E-state index < -0.39 is 0 Å². The fraction of sp³-hybridized carbons (Fsp3) is 0.562. The molecular weight excluding hydrogens is 270 g/mol. The first-order valence-corrected chi connectivity index (χ1v) is 7.48. The molecule has 5 heteroatoms. The van der Waals surface area contributed by atoms with E-state index in [9.17, 15) is 4.79 Å². The van der Waals surface area contributed by atoms with E-state index in [-0.39, 0.29) is 24.9 Å². The van der Waals surface area contributed by atoms with Crippen molar-refractivity contribution in [1.82, 2.24) is 4.90 Å². The van der Waals surface area contributed by atoms with Gasteiger partial charge in [-0.25, -0.2) is 4.79 Å². The summed E-state index contributed by atoms with van der Waals surface area (Å²) in [6.45, 7) is 1.63. The second-order valence-electron chi connectivity index (χ2n) is 5.75. The van der Waals surface area contributed by atoms with E-state index in [2.05, 4.69) is 0 Å². The molecule has 5 nitrogen and oxygen atoms in total. The number of aliphatic hydroxyl groups excluding tert-OH is 1. The Labute approximate surface area is 124 Å². The van der Waals surface area contributed by atoms with Gasteiger partial charge >= 0.3 is 6.09 Å². The zero-order chi connectivity index (χ0) is 14.7. The lowest BCUT2D eigenvalue weighted by Crippen LogP contribution is -2.45. The highest BCUT2D eigenvalue weighted by molar-refractivity contribution is 5.67. The van der Waals surface area contributed by atoms with E-state index in [1.54, 1.807) is 4.90 Å². The lowest BCUT2D eigenvalue weighted by molar-refractivity contribution is -0.0241. The number of piperidine rings is 1. The van der Waals surface area contributed by atoms with Crippen LogP contribution in [0.5, 0.6) is 0 Å². The lowest BCUT2D eigenvalue weighted by atomic mass is 9.92. The molecule has 1 amide bonds. The molecular formula is C16H21NO4. The van der Waals surface area contributed by atoms with Crippen LogP contribution in [0.15, 0.2) is 30.3 Å². The van der Waals surface area contributed by atoms with Crippen LogP contribution in [-0.2, 0) is 16.1 Å². The van der Waals surface area contributed by atoms with Gasteiger partial charge in [-0.15, -0.1) is 0 Å². The van der Waals surface area contributed by atoms with Gasteiger partial charge in [-0.3, -0.25) is 0 Å². The number of amides is 1. The quantitative estimate of drug-likeness (QED) is 0.922. The van der Waals surface area contributed by atoms with Crippen molar-refractivity contribution in [2.75, 3.05) is 19.7 Å². The van der Waals surface area contributed by atoms with E-state index in [1.165, 1.54) is 0 Å². The Morgan fingerprint density at radius 2 is 2.19 bits per heavy atom. The van der Waals surface area contributed by atoms with E-state index in [0.717, 1.165) is 18.4 Å². The first-order chi connectivity index (χ1) is 10.3. The predicted octanol–water partition coefficient (Wildman–Crippen LogP) is 1.79. The van der Waals surface area contributed by atoms with Crippen LogP contribution < -0.4 is 0 Å². The Hall–Kier alpha value is -1.59. The van der Waals surface area contributed by atoms with Gasteiger partial charge < -0.3 is 19.5 Å². The van der Waals surface area contributed by atoms with E-state index >= 15 is 0 Å². The standard InChI is InChI=1S/C16H21NO4/c18-10-14-8-13-6-7-17(9-15(13)21-14)16(19)20-11-12-4-2-1-3-5-12/h1-5,13-15,18H,6-11H2/t13-,14-,15+/m0/s1. The fourth-order valence-corrected chi connectivity index (χ4v) is 3.12. The molecule has 2 aliphatic heterocycles. The summed E-state index contributed by atoms with van der Waals surface area (Å²) in [6, 6.07) is 9.66. The third-order valence-corrected chi connectivity index (χ3v) is 4.30. The van der Waals surface area contributed by atoms with Gasteiger partial charge in [-0.2, -0.15) is 0 Å². The maximum absolute atomic E-state index is 12.1. The molecule has 0 bridgehead atoms. The molecule has 114 valence electrons. The van der Waals surface area contributed by atoms with Gasteiger partial charge in [-0.1, -0.05) is 30.3 Å². The third kappa shape index (κ3) is 3.36. The lowest BCUT2D eigenvalue weighted by Gasteiger charge is -2.33. The predicted molar refractivity (Wildman–Crippen MR) is 76.7 cm³/mol. The molecule has 2 saturated heterocycles. The van der Waals surface area contributed by atoms with Crippen molar-refractivity contribution in [2.24, 2.45) is 5.92 Å². The number of ether oxygens (including phenoxy) is 2. The van der Waals surface area contributed by atoms with Gasteiger partial charge in [0.05, 0.1) is 25.4 Å². The van der Waals surface area contributed by atoms with Crippen molar-refractivity contribution >= 4 is 6.09 Å². The third-order valence-electron chi connectivity index (χ3n) is 4.30. The average Bonchev–Trinajstić information content (AvgIpc) is 2.95. The SMILES string of the molecule is O=C(OCc1ccccc1)N1CC[C@H]2C[C@@H](CO)O[C@@H]2C1. The van der Waals surface area contributed by atoms with Crippen molar-refractivity contribution in [2.45, 2.75) is 31.7 Å². The van der Waals surface area contributed by atoms with E-state index in [4.69, 9.17) is 14.6 Å². The second-order valence-corrected chi connectivity index (χ2v) is 5.75. The summed E-state index contributed by atoms with van der Waals surface area (Å²) in [6.07, 6.45) is 1.50. The molecule has 0 aliphatic carbocycles. The number of rotatable bonds is 3. The van der Waals surface area contributed by atoms with Crippen LogP contribution in [0.25, 0.3) is 0 Å². The minimum absolute atomic E-state index is 0.0418. The summed E-state index contributed by atoms with van der Waals surface area (Å²) in [5.41, 5.74) is 0.984. The second kappa shape index (κ2) is 6.45. The number of carbonyl (C=O) groups is 1. The van der Waals surface area contributed by atoms with Crippen LogP contribution >= 0.6 is 0 Å². The molecule has 1 aromatic carbocycles. The summed E-state index contributed by atoms with van der Waals surface area (Å²) >= 11 is 0. The summed E-state index contributed by atoms with van der Waals surface area (Å²) in [5.74, 6) is 0.459. The summed E-state index contributed by atoms with van der Waals surface area (Å²) in [4.78, 5) is 13.8. The molecule has 3 atom stereocenters. The highest BCUT2D eigenvalue weighted by Gasteiger charge is 2.40. The molecule has 0 spiro atoms. The molecule has 0 saturated carbocycles. The molecule has 1 aromatic rings.